The van der Waals surface area contributed by atoms with Crippen LogP contribution in [0.4, 0.5) is 0 Å². The Hall–Kier alpha value is -1.63. The van der Waals surface area contributed by atoms with E-state index in [1.54, 1.807) is 0 Å². The first-order valence-electron chi connectivity index (χ1n) is 7.74. The Kier molecular flexibility index (Phi) is 4.08. The first kappa shape index (κ1) is 15.3. The van der Waals surface area contributed by atoms with E-state index in [-0.39, 0.29) is 30.3 Å². The fraction of sp³-hybridized carbons (Fsp3) is 0.800. The standard InChI is InChI=1S/C15H21NO6/c1-21-14(19)10-3-2-4-16(10)13(18)11-8(6-17)5-9-7-22-15(20)12(9)11/h8-12,17H,2-7H2,1H3/t8-,9+,10-,11+,12-/m0/s1. The Morgan fingerprint density at radius 1 is 1.45 bits per heavy atom. The molecule has 5 atom stereocenters. The van der Waals surface area contributed by atoms with E-state index in [1.165, 1.54) is 12.0 Å². The van der Waals surface area contributed by atoms with Crippen molar-refractivity contribution in [1.29, 1.82) is 0 Å². The van der Waals surface area contributed by atoms with E-state index in [1.807, 2.05) is 0 Å². The van der Waals surface area contributed by atoms with Gasteiger partial charge in [0, 0.05) is 19.1 Å². The van der Waals surface area contributed by atoms with Crippen LogP contribution in [0, 0.1) is 23.7 Å². The van der Waals surface area contributed by atoms with Gasteiger partial charge in [0.2, 0.25) is 5.91 Å². The highest BCUT2D eigenvalue weighted by Crippen LogP contribution is 2.47. The third-order valence-corrected chi connectivity index (χ3v) is 5.25. The molecule has 3 aliphatic rings. The van der Waals surface area contributed by atoms with Crippen LogP contribution in [-0.4, -0.2) is 60.8 Å². The normalized spacial score (nSPS) is 37.1. The van der Waals surface area contributed by atoms with Crippen LogP contribution >= 0.6 is 0 Å². The van der Waals surface area contributed by atoms with Crippen LogP contribution in [0.5, 0.6) is 0 Å². The van der Waals surface area contributed by atoms with Crippen molar-refractivity contribution in [3.63, 3.8) is 0 Å². The number of nitrogens with zero attached hydrogens (tertiary/aromatic N) is 1. The molecule has 0 aromatic rings. The number of hydrogen-bond acceptors (Lipinski definition) is 6. The summed E-state index contributed by atoms with van der Waals surface area (Å²) < 4.78 is 9.83. The molecule has 7 heteroatoms. The van der Waals surface area contributed by atoms with Crippen molar-refractivity contribution in [2.24, 2.45) is 23.7 Å². The van der Waals surface area contributed by atoms with Gasteiger partial charge in [-0.1, -0.05) is 0 Å². The maximum Gasteiger partial charge on any atom is 0.328 e. The Balaban J connectivity index is 1.83. The number of cyclic esters (lactones) is 1. The first-order chi connectivity index (χ1) is 10.6. The molecule has 3 rings (SSSR count). The number of ether oxygens (including phenoxy) is 2. The number of esters is 2. The number of rotatable bonds is 3. The van der Waals surface area contributed by atoms with Crippen molar-refractivity contribution in [2.45, 2.75) is 25.3 Å². The monoisotopic (exact) mass is 311 g/mol. The van der Waals surface area contributed by atoms with Gasteiger partial charge in [-0.3, -0.25) is 9.59 Å². The van der Waals surface area contributed by atoms with Crippen LogP contribution in [0.25, 0.3) is 0 Å². The average Bonchev–Trinajstić information content (AvgIpc) is 3.21. The molecule has 2 saturated heterocycles. The van der Waals surface area contributed by atoms with Gasteiger partial charge in [0.25, 0.3) is 0 Å². The van der Waals surface area contributed by atoms with Crippen LogP contribution in [-0.2, 0) is 23.9 Å². The first-order valence-corrected chi connectivity index (χ1v) is 7.74. The molecule has 0 spiro atoms. The number of carbonyl (C=O) groups excluding carboxylic acids is 3. The molecular weight excluding hydrogens is 290 g/mol. The number of carbonyl (C=O) groups is 3. The number of methoxy groups -OCH3 is 1. The fourth-order valence-corrected chi connectivity index (χ4v) is 4.21. The van der Waals surface area contributed by atoms with E-state index in [4.69, 9.17) is 9.47 Å². The van der Waals surface area contributed by atoms with Crippen LogP contribution in [0.2, 0.25) is 0 Å². The maximum atomic E-state index is 12.9. The minimum absolute atomic E-state index is 0.00206. The van der Waals surface area contributed by atoms with Gasteiger partial charge in [0.05, 0.1) is 25.6 Å². The van der Waals surface area contributed by atoms with E-state index < -0.39 is 23.8 Å². The summed E-state index contributed by atoms with van der Waals surface area (Å²) in [5.74, 6) is -2.31. The maximum absolute atomic E-state index is 12.9. The van der Waals surface area contributed by atoms with Crippen molar-refractivity contribution in [1.82, 2.24) is 4.90 Å². The number of hydrogen-bond donors (Lipinski definition) is 1. The van der Waals surface area contributed by atoms with Crippen LogP contribution in [0.15, 0.2) is 0 Å². The van der Waals surface area contributed by atoms with Crippen LogP contribution in [0.1, 0.15) is 19.3 Å². The number of aliphatic hydroxyl groups excluding tert-OH is 1. The lowest BCUT2D eigenvalue weighted by Crippen LogP contribution is -2.47. The lowest BCUT2D eigenvalue weighted by molar-refractivity contribution is -0.155. The highest BCUT2D eigenvalue weighted by atomic mass is 16.5. The fourth-order valence-electron chi connectivity index (χ4n) is 4.21. The zero-order valence-electron chi connectivity index (χ0n) is 12.6. The number of likely N-dealkylation sites (tertiary alicyclic amines) is 1. The average molecular weight is 311 g/mol. The van der Waals surface area contributed by atoms with Gasteiger partial charge >= 0.3 is 11.9 Å². The van der Waals surface area contributed by atoms with Gasteiger partial charge in [0.1, 0.15) is 6.04 Å². The van der Waals surface area contributed by atoms with Gasteiger partial charge < -0.3 is 19.5 Å². The third kappa shape index (κ3) is 2.27. The van der Waals surface area contributed by atoms with Crippen molar-refractivity contribution in [3.8, 4) is 0 Å². The lowest BCUT2D eigenvalue weighted by atomic mass is 9.87. The molecule has 1 aliphatic carbocycles. The number of aliphatic hydroxyl groups is 1. The second-order valence-corrected chi connectivity index (χ2v) is 6.33. The zero-order valence-corrected chi connectivity index (χ0v) is 12.6. The van der Waals surface area contributed by atoms with E-state index in [2.05, 4.69) is 0 Å². The minimum Gasteiger partial charge on any atom is -0.467 e. The van der Waals surface area contributed by atoms with E-state index in [0.29, 0.717) is 26.0 Å². The Morgan fingerprint density at radius 2 is 2.23 bits per heavy atom. The molecule has 0 radical (unpaired) electrons. The predicted octanol–water partition coefficient (Wildman–Crippen LogP) is -0.432. The van der Waals surface area contributed by atoms with Crippen molar-refractivity contribution in [3.05, 3.63) is 0 Å². The highest BCUT2D eigenvalue weighted by Gasteiger charge is 2.56. The highest BCUT2D eigenvalue weighted by molar-refractivity contribution is 5.90. The molecule has 0 aromatic carbocycles. The van der Waals surface area contributed by atoms with E-state index >= 15 is 0 Å². The smallest absolute Gasteiger partial charge is 0.328 e. The van der Waals surface area contributed by atoms with E-state index in [0.717, 1.165) is 6.42 Å². The molecule has 3 fully saturated rings. The molecule has 122 valence electrons. The van der Waals surface area contributed by atoms with Gasteiger partial charge in [-0.2, -0.15) is 0 Å². The van der Waals surface area contributed by atoms with Gasteiger partial charge in [-0.25, -0.2) is 4.79 Å². The molecular formula is C15H21NO6. The Morgan fingerprint density at radius 3 is 2.91 bits per heavy atom. The Labute approximate surface area is 128 Å². The summed E-state index contributed by atoms with van der Waals surface area (Å²) in [6.07, 6.45) is 1.92. The molecule has 1 amide bonds. The summed E-state index contributed by atoms with van der Waals surface area (Å²) in [6, 6.07) is -0.576. The summed E-state index contributed by atoms with van der Waals surface area (Å²) in [5.41, 5.74) is 0. The lowest BCUT2D eigenvalue weighted by Gasteiger charge is -2.29. The summed E-state index contributed by atoms with van der Waals surface area (Å²) in [7, 11) is 1.31. The van der Waals surface area contributed by atoms with Crippen molar-refractivity contribution in [2.75, 3.05) is 26.9 Å². The molecule has 1 N–H and O–H groups in total. The predicted molar refractivity (Wildman–Crippen MR) is 73.4 cm³/mol. The molecule has 0 aromatic heterocycles. The third-order valence-electron chi connectivity index (χ3n) is 5.25. The summed E-state index contributed by atoms with van der Waals surface area (Å²) in [5, 5.41) is 9.58. The van der Waals surface area contributed by atoms with Gasteiger partial charge in [-0.05, 0) is 25.2 Å². The molecule has 22 heavy (non-hydrogen) atoms. The second kappa shape index (κ2) is 5.87. The van der Waals surface area contributed by atoms with Crippen LogP contribution in [0.3, 0.4) is 0 Å². The molecule has 7 nitrogen and oxygen atoms in total. The topological polar surface area (TPSA) is 93.1 Å². The second-order valence-electron chi connectivity index (χ2n) is 6.33. The van der Waals surface area contributed by atoms with Crippen molar-refractivity contribution < 1.29 is 29.0 Å². The van der Waals surface area contributed by atoms with Gasteiger partial charge in [0.15, 0.2) is 0 Å². The van der Waals surface area contributed by atoms with Gasteiger partial charge in [-0.15, -0.1) is 0 Å². The summed E-state index contributed by atoms with van der Waals surface area (Å²) >= 11 is 0. The van der Waals surface area contributed by atoms with Crippen molar-refractivity contribution >= 4 is 17.8 Å². The minimum atomic E-state index is -0.588. The number of amides is 1. The molecule has 0 bridgehead atoms. The molecule has 1 saturated carbocycles. The largest absolute Gasteiger partial charge is 0.467 e. The summed E-state index contributed by atoms with van der Waals surface area (Å²) in [6.45, 7) is 0.678. The molecule has 2 aliphatic heterocycles. The summed E-state index contributed by atoms with van der Waals surface area (Å²) in [4.78, 5) is 38.2. The SMILES string of the molecule is COC(=O)[C@@H]1CCCN1C(=O)[C@@H]1[C@H](CO)C[C@@H]2COC(=O)[C@@H]21. The Bertz CT molecular complexity index is 492. The zero-order chi connectivity index (χ0) is 15.9. The quantitative estimate of drug-likeness (QED) is 0.711. The van der Waals surface area contributed by atoms with E-state index in [9.17, 15) is 19.5 Å². The van der Waals surface area contributed by atoms with Crippen LogP contribution < -0.4 is 0 Å². The molecule has 0 unspecified atom stereocenters. The molecule has 2 heterocycles. The number of fused-ring (bicyclic) bond motifs is 1.